The van der Waals surface area contributed by atoms with Gasteiger partial charge in [-0.25, -0.2) is 4.98 Å². The molecule has 1 aromatic carbocycles. The fourth-order valence-electron chi connectivity index (χ4n) is 5.52. The van der Waals surface area contributed by atoms with Crippen LogP contribution in [0.2, 0.25) is 0 Å². The van der Waals surface area contributed by atoms with E-state index in [4.69, 9.17) is 15.7 Å². The first-order valence-corrected chi connectivity index (χ1v) is 11.7. The minimum Gasteiger partial charge on any atom is -0.327 e. The molecule has 2 N–H and O–H groups in total. The summed E-state index contributed by atoms with van der Waals surface area (Å²) < 4.78 is 2.47. The predicted molar refractivity (Wildman–Crippen MR) is 124 cm³/mol. The second-order valence-electron chi connectivity index (χ2n) is 9.27. The first-order chi connectivity index (χ1) is 15.2. The number of benzene rings is 1. The van der Waals surface area contributed by atoms with Crippen molar-refractivity contribution >= 4 is 11.0 Å². The third kappa shape index (κ3) is 4.25. The number of aryl methyl sites for hydroxylation is 1. The molecule has 1 aliphatic carbocycles. The molecule has 2 aromatic heterocycles. The summed E-state index contributed by atoms with van der Waals surface area (Å²) >= 11 is 0. The van der Waals surface area contributed by atoms with Gasteiger partial charge in [0.1, 0.15) is 5.82 Å². The zero-order valence-corrected chi connectivity index (χ0v) is 18.6. The fourth-order valence-corrected chi connectivity index (χ4v) is 5.52. The number of pyridine rings is 1. The van der Waals surface area contributed by atoms with Gasteiger partial charge in [-0.3, -0.25) is 14.8 Å². The van der Waals surface area contributed by atoms with Crippen LogP contribution >= 0.6 is 0 Å². The molecule has 164 valence electrons. The van der Waals surface area contributed by atoms with Crippen molar-refractivity contribution in [2.75, 3.05) is 26.8 Å². The van der Waals surface area contributed by atoms with E-state index in [0.29, 0.717) is 18.6 Å². The molecular weight excluding hydrogens is 384 g/mol. The first-order valence-electron chi connectivity index (χ1n) is 11.7. The monoisotopic (exact) mass is 418 g/mol. The maximum absolute atomic E-state index is 5.94. The Morgan fingerprint density at radius 1 is 1.13 bits per heavy atom. The molecule has 1 saturated heterocycles. The summed E-state index contributed by atoms with van der Waals surface area (Å²) in [4.78, 5) is 14.7. The number of nitrogens with zero attached hydrogens (tertiary/aromatic N) is 5. The zero-order valence-electron chi connectivity index (χ0n) is 18.6. The molecule has 31 heavy (non-hydrogen) atoms. The van der Waals surface area contributed by atoms with Gasteiger partial charge in [0.2, 0.25) is 0 Å². The average Bonchev–Trinajstić information content (AvgIpc) is 3.15. The lowest BCUT2D eigenvalue weighted by Gasteiger charge is -2.33. The lowest BCUT2D eigenvalue weighted by molar-refractivity contribution is 0.163. The molecule has 6 nitrogen and oxygen atoms in total. The van der Waals surface area contributed by atoms with Crippen molar-refractivity contribution in [2.24, 2.45) is 11.7 Å². The smallest absolute Gasteiger partial charge is 0.124 e. The number of fused-ring (bicyclic) bond motifs is 2. The number of imidazole rings is 1. The Labute approximate surface area is 185 Å². The van der Waals surface area contributed by atoms with Gasteiger partial charge in [0, 0.05) is 26.0 Å². The van der Waals surface area contributed by atoms with Crippen LogP contribution in [0, 0.1) is 5.92 Å². The Hall–Kier alpha value is -2.28. The normalized spacial score (nSPS) is 22.2. The van der Waals surface area contributed by atoms with E-state index in [-0.39, 0.29) is 0 Å². The predicted octanol–water partition coefficient (Wildman–Crippen LogP) is 3.57. The van der Waals surface area contributed by atoms with Gasteiger partial charge in [0.05, 0.1) is 29.3 Å². The summed E-state index contributed by atoms with van der Waals surface area (Å²) in [6.07, 6.45) is 7.96. The van der Waals surface area contributed by atoms with Gasteiger partial charge in [-0.1, -0.05) is 18.2 Å². The molecule has 0 bridgehead atoms. The van der Waals surface area contributed by atoms with Crippen LogP contribution in [0.15, 0.2) is 42.6 Å². The molecular formula is C25H34N6. The molecule has 2 unspecified atom stereocenters. The molecule has 0 saturated carbocycles. The van der Waals surface area contributed by atoms with E-state index in [1.165, 1.54) is 36.0 Å². The largest absolute Gasteiger partial charge is 0.327 e. The highest BCUT2D eigenvalue weighted by atomic mass is 15.2. The van der Waals surface area contributed by atoms with Crippen molar-refractivity contribution in [1.82, 2.24) is 24.3 Å². The van der Waals surface area contributed by atoms with E-state index in [1.807, 2.05) is 6.20 Å². The lowest BCUT2D eigenvalue weighted by Crippen LogP contribution is -2.40. The van der Waals surface area contributed by atoms with E-state index in [9.17, 15) is 0 Å². The van der Waals surface area contributed by atoms with Crippen LogP contribution in [-0.2, 0) is 19.5 Å². The van der Waals surface area contributed by atoms with Gasteiger partial charge < -0.3 is 10.3 Å². The summed E-state index contributed by atoms with van der Waals surface area (Å²) in [7, 11) is 2.23. The van der Waals surface area contributed by atoms with Gasteiger partial charge in [0.25, 0.3) is 0 Å². The summed E-state index contributed by atoms with van der Waals surface area (Å²) in [5.41, 5.74) is 10.9. The third-order valence-corrected chi connectivity index (χ3v) is 7.12. The number of piperidine rings is 1. The maximum atomic E-state index is 5.94. The van der Waals surface area contributed by atoms with Crippen molar-refractivity contribution in [1.29, 1.82) is 0 Å². The number of hydrogen-bond acceptors (Lipinski definition) is 5. The number of rotatable bonds is 6. The van der Waals surface area contributed by atoms with Gasteiger partial charge in [0.15, 0.2) is 0 Å². The highest BCUT2D eigenvalue weighted by molar-refractivity contribution is 5.75. The van der Waals surface area contributed by atoms with E-state index >= 15 is 0 Å². The van der Waals surface area contributed by atoms with Crippen LogP contribution in [-0.4, -0.2) is 51.1 Å². The summed E-state index contributed by atoms with van der Waals surface area (Å²) in [5, 5.41) is 0. The Bertz CT molecular complexity index is 1030. The number of likely N-dealkylation sites (tertiary alicyclic amines) is 1. The Morgan fingerprint density at radius 2 is 2.03 bits per heavy atom. The van der Waals surface area contributed by atoms with Crippen LogP contribution < -0.4 is 5.73 Å². The Balaban J connectivity index is 1.41. The van der Waals surface area contributed by atoms with Gasteiger partial charge in [-0.15, -0.1) is 0 Å². The maximum Gasteiger partial charge on any atom is 0.124 e. The highest BCUT2D eigenvalue weighted by Gasteiger charge is 2.27. The van der Waals surface area contributed by atoms with E-state index in [2.05, 4.69) is 57.8 Å². The van der Waals surface area contributed by atoms with Crippen molar-refractivity contribution in [3.8, 4) is 0 Å². The standard InChI is InChI=1S/C25H34N6/c1-29(23-12-4-8-20-9-5-13-27-25(20)23)17-24-28-21-10-2-3-11-22(21)31(24)16-19-7-6-14-30(15-19)18-26/h2-3,5,9-11,13,19,23H,4,6-8,12,14-18,26H2,1H3. The fraction of sp³-hybridized carbons (Fsp3) is 0.520. The van der Waals surface area contributed by atoms with Crippen molar-refractivity contribution in [3.63, 3.8) is 0 Å². The number of hydrogen-bond donors (Lipinski definition) is 1. The summed E-state index contributed by atoms with van der Waals surface area (Å²) in [6.45, 7) is 4.72. The van der Waals surface area contributed by atoms with Gasteiger partial charge in [-0.05, 0) is 75.4 Å². The van der Waals surface area contributed by atoms with E-state index in [1.54, 1.807) is 0 Å². The highest BCUT2D eigenvalue weighted by Crippen LogP contribution is 2.33. The molecule has 6 heteroatoms. The topological polar surface area (TPSA) is 63.2 Å². The van der Waals surface area contributed by atoms with E-state index in [0.717, 1.165) is 50.4 Å². The summed E-state index contributed by atoms with van der Waals surface area (Å²) in [6, 6.07) is 13.2. The van der Waals surface area contributed by atoms with Gasteiger partial charge in [-0.2, -0.15) is 0 Å². The van der Waals surface area contributed by atoms with Crippen LogP contribution in [0.4, 0.5) is 0 Å². The Morgan fingerprint density at radius 3 is 2.94 bits per heavy atom. The van der Waals surface area contributed by atoms with Crippen LogP contribution in [0.25, 0.3) is 11.0 Å². The molecule has 0 amide bonds. The van der Waals surface area contributed by atoms with Crippen molar-refractivity contribution in [3.05, 3.63) is 59.7 Å². The molecule has 1 aliphatic heterocycles. The number of nitrogens with two attached hydrogens (primary N) is 1. The number of aromatic nitrogens is 3. The second kappa shape index (κ2) is 9.07. The zero-order chi connectivity index (χ0) is 21.2. The second-order valence-corrected chi connectivity index (χ2v) is 9.27. The minimum atomic E-state index is 0.362. The molecule has 3 aromatic rings. The summed E-state index contributed by atoms with van der Waals surface area (Å²) in [5.74, 6) is 1.78. The molecule has 3 heterocycles. The van der Waals surface area contributed by atoms with Crippen LogP contribution in [0.3, 0.4) is 0 Å². The van der Waals surface area contributed by atoms with Gasteiger partial charge >= 0.3 is 0 Å². The molecule has 1 fully saturated rings. The minimum absolute atomic E-state index is 0.362. The molecule has 5 rings (SSSR count). The molecule has 2 aliphatic rings. The molecule has 2 atom stereocenters. The van der Waals surface area contributed by atoms with Crippen molar-refractivity contribution in [2.45, 2.75) is 51.2 Å². The lowest BCUT2D eigenvalue weighted by atomic mass is 9.91. The molecule has 0 radical (unpaired) electrons. The van der Waals surface area contributed by atoms with E-state index < -0.39 is 0 Å². The van der Waals surface area contributed by atoms with Crippen molar-refractivity contribution < 1.29 is 0 Å². The first kappa shape index (κ1) is 20.6. The van der Waals surface area contributed by atoms with Crippen LogP contribution in [0.1, 0.15) is 48.8 Å². The quantitative estimate of drug-likeness (QED) is 0.663. The third-order valence-electron chi connectivity index (χ3n) is 7.12. The average molecular weight is 419 g/mol. The molecule has 0 spiro atoms. The SMILES string of the molecule is CN(Cc1nc2ccccc2n1CC1CCCN(CN)C1)C1CCCc2cccnc21. The number of para-hydroxylation sites is 2. The Kier molecular flexibility index (Phi) is 6.03. The van der Waals surface area contributed by atoms with Crippen LogP contribution in [0.5, 0.6) is 0 Å².